The van der Waals surface area contributed by atoms with Gasteiger partial charge in [0.25, 0.3) is 0 Å². The minimum absolute atomic E-state index is 0.0339. The molecule has 5 nitrogen and oxygen atoms in total. The highest BCUT2D eigenvalue weighted by atomic mass is 16.5. The molecule has 0 saturated carbocycles. The van der Waals surface area contributed by atoms with Gasteiger partial charge in [0, 0.05) is 31.4 Å². The third-order valence-electron chi connectivity index (χ3n) is 2.83. The second-order valence-electron chi connectivity index (χ2n) is 4.59. The quantitative estimate of drug-likeness (QED) is 0.502. The monoisotopic (exact) mass is 305 g/mol. The first-order valence-electron chi connectivity index (χ1n) is 7.27. The smallest absolute Gasteiger partial charge is 0.224 e. The minimum atomic E-state index is -0.0339. The van der Waals surface area contributed by atoms with Crippen molar-refractivity contribution in [3.05, 3.63) is 29.8 Å². The van der Waals surface area contributed by atoms with Gasteiger partial charge in [-0.25, -0.2) is 0 Å². The number of hydrogen-bond acceptors (Lipinski definition) is 4. The molecule has 0 aromatic heterocycles. The van der Waals surface area contributed by atoms with Crippen LogP contribution in [0.4, 0.5) is 5.69 Å². The zero-order valence-electron chi connectivity index (χ0n) is 13.0. The van der Waals surface area contributed by atoms with Crippen molar-refractivity contribution in [1.29, 1.82) is 0 Å². The fourth-order valence-corrected chi connectivity index (χ4v) is 1.67. The zero-order chi connectivity index (χ0) is 16.0. The van der Waals surface area contributed by atoms with Crippen molar-refractivity contribution in [3.63, 3.8) is 0 Å². The van der Waals surface area contributed by atoms with Crippen molar-refractivity contribution < 1.29 is 19.0 Å². The van der Waals surface area contributed by atoms with Crippen molar-refractivity contribution in [3.8, 4) is 12.3 Å². The average Bonchev–Trinajstić information content (AvgIpc) is 2.54. The van der Waals surface area contributed by atoms with Gasteiger partial charge in [-0.15, -0.1) is 6.42 Å². The van der Waals surface area contributed by atoms with Gasteiger partial charge in [-0.05, 0) is 30.7 Å². The second kappa shape index (κ2) is 11.8. The van der Waals surface area contributed by atoms with Gasteiger partial charge in [-0.1, -0.05) is 5.92 Å². The number of anilines is 1. The second-order valence-corrected chi connectivity index (χ2v) is 4.59. The predicted molar refractivity (Wildman–Crippen MR) is 85.8 cm³/mol. The molecule has 0 radical (unpaired) electrons. The van der Waals surface area contributed by atoms with Gasteiger partial charge in [0.05, 0.1) is 26.4 Å². The highest BCUT2D eigenvalue weighted by molar-refractivity contribution is 5.90. The first kappa shape index (κ1) is 18.2. The molecule has 0 aliphatic rings. The van der Waals surface area contributed by atoms with E-state index in [1.54, 1.807) is 31.4 Å². The largest absolute Gasteiger partial charge is 0.382 e. The van der Waals surface area contributed by atoms with Crippen LogP contribution in [0.2, 0.25) is 0 Å². The molecule has 0 unspecified atom stereocenters. The number of ether oxygens (including phenoxy) is 3. The predicted octanol–water partition coefficient (Wildman–Crippen LogP) is 2.07. The molecular weight excluding hydrogens is 282 g/mol. The summed E-state index contributed by atoms with van der Waals surface area (Å²) >= 11 is 0. The third-order valence-corrected chi connectivity index (χ3v) is 2.83. The summed E-state index contributed by atoms with van der Waals surface area (Å²) in [5.41, 5.74) is 1.54. The van der Waals surface area contributed by atoms with Gasteiger partial charge in [0.2, 0.25) is 5.91 Å². The van der Waals surface area contributed by atoms with E-state index in [-0.39, 0.29) is 5.91 Å². The van der Waals surface area contributed by atoms with E-state index < -0.39 is 0 Å². The molecule has 120 valence electrons. The fourth-order valence-electron chi connectivity index (χ4n) is 1.67. The summed E-state index contributed by atoms with van der Waals surface area (Å²) in [6.45, 7) is 2.76. The van der Waals surface area contributed by atoms with Crippen molar-refractivity contribution in [1.82, 2.24) is 0 Å². The van der Waals surface area contributed by atoms with Gasteiger partial charge in [0.15, 0.2) is 0 Å². The summed E-state index contributed by atoms with van der Waals surface area (Å²) < 4.78 is 15.5. The molecule has 5 heteroatoms. The van der Waals surface area contributed by atoms with E-state index in [4.69, 9.17) is 20.6 Å². The van der Waals surface area contributed by atoms with Crippen LogP contribution in [0.5, 0.6) is 0 Å². The molecule has 0 atom stereocenters. The number of carbonyl (C=O) groups excluding carboxylic acids is 1. The van der Waals surface area contributed by atoms with Crippen LogP contribution in [-0.4, -0.2) is 46.1 Å². The van der Waals surface area contributed by atoms with Crippen LogP contribution in [0, 0.1) is 12.3 Å². The van der Waals surface area contributed by atoms with E-state index >= 15 is 0 Å². The highest BCUT2D eigenvalue weighted by Gasteiger charge is 2.02. The Kier molecular flexibility index (Phi) is 9.71. The Morgan fingerprint density at radius 3 is 2.36 bits per heavy atom. The number of benzene rings is 1. The van der Waals surface area contributed by atoms with Crippen LogP contribution in [0.15, 0.2) is 24.3 Å². The van der Waals surface area contributed by atoms with Gasteiger partial charge in [0.1, 0.15) is 0 Å². The molecule has 1 rings (SSSR count). The van der Waals surface area contributed by atoms with Crippen LogP contribution < -0.4 is 5.32 Å². The summed E-state index contributed by atoms with van der Waals surface area (Å²) in [6.07, 6.45) is 6.37. The van der Waals surface area contributed by atoms with Crippen LogP contribution in [0.1, 0.15) is 18.4 Å². The number of nitrogens with one attached hydrogen (secondary N) is 1. The van der Waals surface area contributed by atoms with Gasteiger partial charge >= 0.3 is 0 Å². The lowest BCUT2D eigenvalue weighted by Gasteiger charge is -2.07. The maximum atomic E-state index is 11.7. The van der Waals surface area contributed by atoms with Crippen molar-refractivity contribution >= 4 is 11.6 Å². The maximum Gasteiger partial charge on any atom is 0.224 e. The lowest BCUT2D eigenvalue weighted by Crippen LogP contribution is -2.13. The summed E-state index contributed by atoms with van der Waals surface area (Å²) in [7, 11) is 1.63. The molecule has 1 N–H and O–H groups in total. The van der Waals surface area contributed by atoms with Crippen molar-refractivity contribution in [2.45, 2.75) is 12.8 Å². The molecule has 0 spiro atoms. The van der Waals surface area contributed by atoms with E-state index in [2.05, 4.69) is 11.2 Å². The number of hydrogen-bond donors (Lipinski definition) is 1. The van der Waals surface area contributed by atoms with Crippen molar-refractivity contribution in [2.75, 3.05) is 45.5 Å². The van der Waals surface area contributed by atoms with Crippen LogP contribution >= 0.6 is 0 Å². The Hall–Kier alpha value is -1.87. The van der Waals surface area contributed by atoms with E-state index in [9.17, 15) is 4.79 Å². The molecule has 1 amide bonds. The Bertz CT molecular complexity index is 465. The first-order valence-corrected chi connectivity index (χ1v) is 7.27. The molecule has 0 fully saturated rings. The lowest BCUT2D eigenvalue weighted by atomic mass is 10.2. The summed E-state index contributed by atoms with van der Waals surface area (Å²) in [4.78, 5) is 11.7. The van der Waals surface area contributed by atoms with Gasteiger partial charge in [-0.2, -0.15) is 0 Å². The van der Waals surface area contributed by atoms with Crippen LogP contribution in [0.25, 0.3) is 0 Å². The van der Waals surface area contributed by atoms with E-state index in [0.29, 0.717) is 45.9 Å². The Morgan fingerprint density at radius 1 is 1.09 bits per heavy atom. The summed E-state index contributed by atoms with van der Waals surface area (Å²) in [6, 6.07) is 7.17. The Labute approximate surface area is 131 Å². The molecule has 0 heterocycles. The molecule has 1 aromatic rings. The number of amides is 1. The van der Waals surface area contributed by atoms with Gasteiger partial charge in [-0.3, -0.25) is 4.79 Å². The van der Waals surface area contributed by atoms with E-state index in [0.717, 1.165) is 11.3 Å². The summed E-state index contributed by atoms with van der Waals surface area (Å²) in [5, 5.41) is 2.82. The highest BCUT2D eigenvalue weighted by Crippen LogP contribution is 2.09. The maximum absolute atomic E-state index is 11.7. The third kappa shape index (κ3) is 8.42. The molecule has 22 heavy (non-hydrogen) atoms. The number of rotatable bonds is 11. The Balaban J connectivity index is 2.02. The summed E-state index contributed by atoms with van der Waals surface area (Å²) in [5.74, 6) is 2.50. The molecule has 0 aliphatic carbocycles. The molecule has 1 aromatic carbocycles. The van der Waals surface area contributed by atoms with Gasteiger partial charge < -0.3 is 19.5 Å². The Morgan fingerprint density at radius 2 is 1.73 bits per heavy atom. The van der Waals surface area contributed by atoms with E-state index in [1.807, 2.05) is 0 Å². The zero-order valence-corrected chi connectivity index (χ0v) is 13.0. The lowest BCUT2D eigenvalue weighted by molar-refractivity contribution is -0.116. The van der Waals surface area contributed by atoms with Crippen LogP contribution in [-0.2, 0) is 19.0 Å². The first-order chi connectivity index (χ1) is 10.8. The topological polar surface area (TPSA) is 56.8 Å². The average molecular weight is 305 g/mol. The number of methoxy groups -OCH3 is 1. The van der Waals surface area contributed by atoms with E-state index in [1.165, 1.54) is 0 Å². The SMILES string of the molecule is C#Cc1ccc(NC(=O)CCCOCCOCCOC)cc1. The molecular formula is C17H23NO4. The standard InChI is InChI=1S/C17H23NO4/c1-3-15-6-8-16(9-7-15)18-17(19)5-4-10-21-13-14-22-12-11-20-2/h1,6-9H,4-5,10-14H2,2H3,(H,18,19). The fraction of sp³-hybridized carbons (Fsp3) is 0.471. The van der Waals surface area contributed by atoms with Crippen LogP contribution in [0.3, 0.4) is 0 Å². The number of terminal acetylenes is 1. The minimum Gasteiger partial charge on any atom is -0.382 e. The molecule has 0 bridgehead atoms. The molecule has 0 saturated heterocycles. The molecule has 0 aliphatic heterocycles. The normalized spacial score (nSPS) is 10.2. The number of carbonyl (C=O) groups is 1. The van der Waals surface area contributed by atoms with Crippen molar-refractivity contribution in [2.24, 2.45) is 0 Å².